The van der Waals surface area contributed by atoms with E-state index in [1.54, 1.807) is 0 Å². The molecular weight excluding hydrogens is 210 g/mol. The molecule has 0 saturated heterocycles. The quantitative estimate of drug-likeness (QED) is 0.764. The van der Waals surface area contributed by atoms with Crippen LogP contribution in [0.4, 0.5) is 0 Å². The summed E-state index contributed by atoms with van der Waals surface area (Å²) in [5.41, 5.74) is 2.74. The van der Waals surface area contributed by atoms with Gasteiger partial charge in [-0.25, -0.2) is 0 Å². The lowest BCUT2D eigenvalue weighted by atomic mass is 10.1. The molecule has 2 aromatic rings. The largest absolute Gasteiger partial charge is 0.360 e. The molecule has 1 aliphatic carbocycles. The first-order chi connectivity index (χ1) is 8.38. The molecule has 1 aromatic carbocycles. The number of hydrogen-bond acceptors (Lipinski definition) is 1. The van der Waals surface area contributed by atoms with Crippen molar-refractivity contribution in [2.75, 3.05) is 6.61 Å². The van der Waals surface area contributed by atoms with Gasteiger partial charge in [-0.15, -0.1) is 0 Å². The van der Waals surface area contributed by atoms with E-state index in [9.17, 15) is 0 Å². The summed E-state index contributed by atoms with van der Waals surface area (Å²) >= 11 is 0. The Morgan fingerprint density at radius 2 is 2.18 bits per heavy atom. The molecule has 1 fully saturated rings. The molecule has 2 nitrogen and oxygen atoms in total. The lowest BCUT2D eigenvalue weighted by Crippen LogP contribution is -2.04. The Hall–Kier alpha value is -1.28. The second-order valence-corrected chi connectivity index (χ2v) is 4.94. The van der Waals surface area contributed by atoms with Gasteiger partial charge in [0.15, 0.2) is 0 Å². The van der Waals surface area contributed by atoms with Gasteiger partial charge in [-0.05, 0) is 42.2 Å². The van der Waals surface area contributed by atoms with Crippen LogP contribution >= 0.6 is 0 Å². The topological polar surface area (TPSA) is 14.2 Å². The fourth-order valence-electron chi connectivity index (χ4n) is 2.34. The molecule has 0 aliphatic heterocycles. The highest BCUT2D eigenvalue weighted by Crippen LogP contribution is 2.29. The monoisotopic (exact) mass is 229 g/mol. The number of fused-ring (bicyclic) bond motifs is 1. The third-order valence-corrected chi connectivity index (χ3v) is 3.53. The molecular formula is C15H19NO. The third kappa shape index (κ3) is 2.22. The van der Waals surface area contributed by atoms with E-state index in [1.165, 1.54) is 29.3 Å². The van der Waals surface area contributed by atoms with Gasteiger partial charge in [0, 0.05) is 6.20 Å². The minimum Gasteiger partial charge on any atom is -0.360 e. The van der Waals surface area contributed by atoms with Gasteiger partial charge < -0.3 is 9.30 Å². The van der Waals surface area contributed by atoms with Gasteiger partial charge in [0.05, 0.1) is 12.1 Å². The lowest BCUT2D eigenvalue weighted by Gasteiger charge is -2.09. The zero-order valence-electron chi connectivity index (χ0n) is 10.4. The van der Waals surface area contributed by atoms with Crippen molar-refractivity contribution in [1.29, 1.82) is 0 Å². The fourth-order valence-corrected chi connectivity index (χ4v) is 2.34. The summed E-state index contributed by atoms with van der Waals surface area (Å²) in [6, 6.07) is 8.69. The van der Waals surface area contributed by atoms with Crippen LogP contribution in [0.3, 0.4) is 0 Å². The molecule has 0 radical (unpaired) electrons. The van der Waals surface area contributed by atoms with Crippen molar-refractivity contribution in [2.24, 2.45) is 5.92 Å². The summed E-state index contributed by atoms with van der Waals surface area (Å²) in [6.07, 6.45) is 5.92. The number of rotatable bonds is 5. The van der Waals surface area contributed by atoms with Crippen molar-refractivity contribution in [3.63, 3.8) is 0 Å². The fraction of sp³-hybridized carbons (Fsp3) is 0.467. The van der Waals surface area contributed by atoms with E-state index in [2.05, 4.69) is 42.0 Å². The van der Waals surface area contributed by atoms with Gasteiger partial charge in [-0.1, -0.05) is 25.1 Å². The summed E-state index contributed by atoms with van der Waals surface area (Å²) in [5.74, 6) is 0.836. The molecule has 0 spiro atoms. The Morgan fingerprint density at radius 3 is 2.94 bits per heavy atom. The summed E-state index contributed by atoms with van der Waals surface area (Å²) in [5, 5.41) is 1.32. The SMILES string of the molecule is CCc1cccc2ccn(COCC3CC3)c12. The first kappa shape index (κ1) is 10.8. The first-order valence-electron chi connectivity index (χ1n) is 6.53. The molecule has 3 rings (SSSR count). The molecule has 1 saturated carbocycles. The predicted molar refractivity (Wildman–Crippen MR) is 70.0 cm³/mol. The van der Waals surface area contributed by atoms with Crippen molar-refractivity contribution in [2.45, 2.75) is 32.9 Å². The maximum Gasteiger partial charge on any atom is 0.122 e. The van der Waals surface area contributed by atoms with Gasteiger partial charge in [-0.2, -0.15) is 0 Å². The van der Waals surface area contributed by atoms with Gasteiger partial charge in [-0.3, -0.25) is 0 Å². The Balaban J connectivity index is 1.82. The number of aryl methyl sites for hydroxylation is 1. The van der Waals surface area contributed by atoms with Crippen LogP contribution in [-0.2, 0) is 17.9 Å². The van der Waals surface area contributed by atoms with Crippen molar-refractivity contribution in [1.82, 2.24) is 4.57 Å². The van der Waals surface area contributed by atoms with Gasteiger partial charge in [0.2, 0.25) is 0 Å². The highest BCUT2D eigenvalue weighted by Gasteiger charge is 2.21. The molecule has 0 bridgehead atoms. The highest BCUT2D eigenvalue weighted by atomic mass is 16.5. The zero-order valence-corrected chi connectivity index (χ0v) is 10.4. The lowest BCUT2D eigenvalue weighted by molar-refractivity contribution is 0.0717. The minimum absolute atomic E-state index is 0.691. The van der Waals surface area contributed by atoms with Gasteiger partial charge in [0.1, 0.15) is 6.73 Å². The Bertz CT molecular complexity index is 511. The van der Waals surface area contributed by atoms with Gasteiger partial charge >= 0.3 is 0 Å². The molecule has 90 valence electrons. The van der Waals surface area contributed by atoms with Crippen molar-refractivity contribution in [3.8, 4) is 0 Å². The molecule has 2 heteroatoms. The van der Waals surface area contributed by atoms with Crippen LogP contribution < -0.4 is 0 Å². The zero-order chi connectivity index (χ0) is 11.7. The molecule has 17 heavy (non-hydrogen) atoms. The maximum absolute atomic E-state index is 5.77. The third-order valence-electron chi connectivity index (χ3n) is 3.53. The summed E-state index contributed by atoms with van der Waals surface area (Å²) < 4.78 is 8.01. The number of benzene rings is 1. The van der Waals surface area contributed by atoms with Crippen molar-refractivity contribution < 1.29 is 4.74 Å². The Morgan fingerprint density at radius 1 is 1.29 bits per heavy atom. The number of nitrogens with zero attached hydrogens (tertiary/aromatic N) is 1. The summed E-state index contributed by atoms with van der Waals surface area (Å²) in [7, 11) is 0. The minimum atomic E-state index is 0.691. The second-order valence-electron chi connectivity index (χ2n) is 4.94. The maximum atomic E-state index is 5.77. The number of para-hydroxylation sites is 1. The Kier molecular flexibility index (Phi) is 2.89. The molecule has 0 amide bonds. The number of ether oxygens (including phenoxy) is 1. The van der Waals surface area contributed by atoms with Crippen LogP contribution in [0.1, 0.15) is 25.3 Å². The first-order valence-corrected chi connectivity index (χ1v) is 6.53. The van der Waals surface area contributed by atoms with Crippen LogP contribution in [0.25, 0.3) is 10.9 Å². The van der Waals surface area contributed by atoms with Crippen LogP contribution in [0, 0.1) is 5.92 Å². The average molecular weight is 229 g/mol. The Labute approximate surface area is 102 Å². The van der Waals surface area contributed by atoms with E-state index in [0.717, 1.165) is 18.9 Å². The van der Waals surface area contributed by atoms with Crippen LogP contribution in [-0.4, -0.2) is 11.2 Å². The summed E-state index contributed by atoms with van der Waals surface area (Å²) in [4.78, 5) is 0. The summed E-state index contributed by atoms with van der Waals surface area (Å²) in [6.45, 7) is 3.82. The smallest absolute Gasteiger partial charge is 0.122 e. The van der Waals surface area contributed by atoms with E-state index in [1.807, 2.05) is 0 Å². The predicted octanol–water partition coefficient (Wildman–Crippen LogP) is 3.59. The molecule has 1 heterocycles. The van der Waals surface area contributed by atoms with Crippen LogP contribution in [0.2, 0.25) is 0 Å². The van der Waals surface area contributed by atoms with E-state index >= 15 is 0 Å². The van der Waals surface area contributed by atoms with Crippen LogP contribution in [0.15, 0.2) is 30.5 Å². The molecule has 1 aliphatic rings. The van der Waals surface area contributed by atoms with Crippen molar-refractivity contribution >= 4 is 10.9 Å². The molecule has 0 N–H and O–H groups in total. The van der Waals surface area contributed by atoms with E-state index in [4.69, 9.17) is 4.74 Å². The molecule has 0 unspecified atom stereocenters. The standard InChI is InChI=1S/C15H19NO/c1-2-13-4-3-5-14-8-9-16(15(13)14)11-17-10-12-6-7-12/h3-5,8-9,12H,2,6-7,10-11H2,1H3. The highest BCUT2D eigenvalue weighted by molar-refractivity contribution is 5.83. The van der Waals surface area contributed by atoms with E-state index < -0.39 is 0 Å². The van der Waals surface area contributed by atoms with Crippen molar-refractivity contribution in [3.05, 3.63) is 36.0 Å². The van der Waals surface area contributed by atoms with E-state index in [0.29, 0.717) is 6.73 Å². The van der Waals surface area contributed by atoms with Gasteiger partial charge in [0.25, 0.3) is 0 Å². The van der Waals surface area contributed by atoms with E-state index in [-0.39, 0.29) is 0 Å². The number of aromatic nitrogens is 1. The second kappa shape index (κ2) is 4.53. The average Bonchev–Trinajstić information content (AvgIpc) is 3.09. The van der Waals surface area contributed by atoms with Crippen LogP contribution in [0.5, 0.6) is 0 Å². The molecule has 0 atom stereocenters. The number of hydrogen-bond donors (Lipinski definition) is 0. The normalized spacial score (nSPS) is 15.6. The molecule has 1 aromatic heterocycles.